The molecule has 102 valence electrons. The van der Waals surface area contributed by atoms with Crippen molar-refractivity contribution in [2.24, 2.45) is 0 Å². The molecule has 0 radical (unpaired) electrons. The van der Waals surface area contributed by atoms with Crippen molar-refractivity contribution in [3.8, 4) is 11.5 Å². The number of hydrogen-bond acceptors (Lipinski definition) is 3. The van der Waals surface area contributed by atoms with E-state index in [2.05, 4.69) is 0 Å². The molecule has 1 heterocycles. The molecular formula is C14H15FO4. The lowest BCUT2D eigenvalue weighted by atomic mass is 9.64. The minimum Gasteiger partial charge on any atom is -0.486 e. The molecule has 0 saturated heterocycles. The van der Waals surface area contributed by atoms with Crippen LogP contribution in [0.15, 0.2) is 12.1 Å². The Labute approximate surface area is 110 Å². The third kappa shape index (κ3) is 1.76. The molecule has 1 aromatic carbocycles. The summed E-state index contributed by atoms with van der Waals surface area (Å²) < 4.78 is 24.0. The second-order valence-corrected chi connectivity index (χ2v) is 5.04. The first-order chi connectivity index (χ1) is 9.17. The lowest BCUT2D eigenvalue weighted by molar-refractivity contribution is -0.147. The van der Waals surface area contributed by atoms with E-state index in [4.69, 9.17) is 9.47 Å². The standard InChI is InChI=1S/C14H15FO4/c15-8-9-6-10(14(13(16)17)2-1-3-14)12-11(7-9)18-4-5-19-12/h6-7H,1-5,8H2,(H,16,17). The molecule has 4 nitrogen and oxygen atoms in total. The van der Waals surface area contributed by atoms with Gasteiger partial charge in [0, 0.05) is 5.56 Å². The maximum atomic E-state index is 12.9. The number of alkyl halides is 1. The topological polar surface area (TPSA) is 55.8 Å². The first-order valence-electron chi connectivity index (χ1n) is 6.40. The highest BCUT2D eigenvalue weighted by atomic mass is 19.1. The smallest absolute Gasteiger partial charge is 0.314 e. The molecule has 5 heteroatoms. The molecule has 1 fully saturated rings. The van der Waals surface area contributed by atoms with E-state index in [0.29, 0.717) is 48.7 Å². The summed E-state index contributed by atoms with van der Waals surface area (Å²) in [5.41, 5.74) is 0.0681. The summed E-state index contributed by atoms with van der Waals surface area (Å²) in [6, 6.07) is 3.20. The normalized spacial score (nSPS) is 19.6. The Morgan fingerprint density at radius 1 is 1.32 bits per heavy atom. The van der Waals surface area contributed by atoms with Crippen LogP contribution in [0.3, 0.4) is 0 Å². The molecule has 1 aromatic rings. The molecule has 0 spiro atoms. The van der Waals surface area contributed by atoms with Gasteiger partial charge in [-0.3, -0.25) is 4.79 Å². The number of halogens is 1. The fourth-order valence-corrected chi connectivity index (χ4v) is 2.77. The summed E-state index contributed by atoms with van der Waals surface area (Å²) >= 11 is 0. The van der Waals surface area contributed by atoms with Crippen LogP contribution in [0, 0.1) is 0 Å². The minimum atomic E-state index is -0.935. The molecule has 0 atom stereocenters. The number of ether oxygens (including phenoxy) is 2. The van der Waals surface area contributed by atoms with Crippen molar-refractivity contribution in [3.63, 3.8) is 0 Å². The molecule has 1 aliphatic carbocycles. The van der Waals surface area contributed by atoms with Crippen molar-refractivity contribution in [3.05, 3.63) is 23.3 Å². The number of aliphatic carboxylic acids is 1. The van der Waals surface area contributed by atoms with Crippen molar-refractivity contribution < 1.29 is 23.8 Å². The van der Waals surface area contributed by atoms with Gasteiger partial charge >= 0.3 is 5.97 Å². The van der Waals surface area contributed by atoms with Gasteiger partial charge in [-0.1, -0.05) is 6.42 Å². The monoisotopic (exact) mass is 266 g/mol. The number of rotatable bonds is 3. The molecule has 0 amide bonds. The van der Waals surface area contributed by atoms with Crippen molar-refractivity contribution in [2.75, 3.05) is 13.2 Å². The van der Waals surface area contributed by atoms with E-state index in [9.17, 15) is 14.3 Å². The summed E-state index contributed by atoms with van der Waals surface area (Å²) in [6.07, 6.45) is 1.99. The lowest BCUT2D eigenvalue weighted by Gasteiger charge is -2.40. The average Bonchev–Trinajstić information content (AvgIpc) is 2.36. The van der Waals surface area contributed by atoms with Gasteiger partial charge in [-0.25, -0.2) is 4.39 Å². The zero-order chi connectivity index (χ0) is 13.5. The number of carboxylic acids is 1. The number of hydrogen-bond donors (Lipinski definition) is 1. The molecule has 0 unspecified atom stereocenters. The van der Waals surface area contributed by atoms with Crippen LogP contribution in [0.4, 0.5) is 4.39 Å². The Kier molecular flexibility index (Phi) is 2.84. The first-order valence-corrected chi connectivity index (χ1v) is 6.40. The Balaban J connectivity index is 2.16. The zero-order valence-corrected chi connectivity index (χ0v) is 10.4. The third-order valence-corrected chi connectivity index (χ3v) is 3.99. The second-order valence-electron chi connectivity index (χ2n) is 5.04. The molecule has 0 bridgehead atoms. The van der Waals surface area contributed by atoms with Crippen LogP contribution < -0.4 is 9.47 Å². The Morgan fingerprint density at radius 2 is 2.05 bits per heavy atom. The van der Waals surface area contributed by atoms with E-state index in [0.717, 1.165) is 6.42 Å². The Hall–Kier alpha value is -1.78. The highest BCUT2D eigenvalue weighted by molar-refractivity contribution is 5.84. The summed E-state index contributed by atoms with van der Waals surface area (Å²) in [7, 11) is 0. The van der Waals surface area contributed by atoms with Gasteiger partial charge in [0.1, 0.15) is 19.9 Å². The van der Waals surface area contributed by atoms with E-state index >= 15 is 0 Å². The van der Waals surface area contributed by atoms with Gasteiger partial charge < -0.3 is 14.6 Å². The maximum absolute atomic E-state index is 12.9. The van der Waals surface area contributed by atoms with Crippen LogP contribution >= 0.6 is 0 Å². The number of benzene rings is 1. The lowest BCUT2D eigenvalue weighted by Crippen LogP contribution is -2.43. The fraction of sp³-hybridized carbons (Fsp3) is 0.500. The summed E-state index contributed by atoms with van der Waals surface area (Å²) in [4.78, 5) is 11.6. The van der Waals surface area contributed by atoms with Crippen LogP contribution in [0.1, 0.15) is 30.4 Å². The summed E-state index contributed by atoms with van der Waals surface area (Å²) in [5.74, 6) is 0.0700. The van der Waals surface area contributed by atoms with Crippen molar-refractivity contribution >= 4 is 5.97 Å². The van der Waals surface area contributed by atoms with Crippen molar-refractivity contribution in [1.82, 2.24) is 0 Å². The molecule has 1 aliphatic heterocycles. The Bertz CT molecular complexity index is 522. The molecular weight excluding hydrogens is 251 g/mol. The van der Waals surface area contributed by atoms with Crippen molar-refractivity contribution in [2.45, 2.75) is 31.4 Å². The highest BCUT2D eigenvalue weighted by Gasteiger charge is 2.48. The maximum Gasteiger partial charge on any atom is 0.314 e. The SMILES string of the molecule is O=C(O)C1(c2cc(CF)cc3c2OCCO3)CCC1. The van der Waals surface area contributed by atoms with Crippen LogP contribution in [0.25, 0.3) is 0 Å². The molecule has 3 rings (SSSR count). The van der Waals surface area contributed by atoms with E-state index in [-0.39, 0.29) is 0 Å². The van der Waals surface area contributed by atoms with E-state index in [1.165, 1.54) is 0 Å². The van der Waals surface area contributed by atoms with Crippen molar-refractivity contribution in [1.29, 1.82) is 0 Å². The molecule has 1 saturated carbocycles. The van der Waals surface area contributed by atoms with Gasteiger partial charge in [-0.2, -0.15) is 0 Å². The first kappa shape index (κ1) is 12.3. The van der Waals surface area contributed by atoms with Gasteiger partial charge in [-0.05, 0) is 30.5 Å². The third-order valence-electron chi connectivity index (χ3n) is 3.99. The average molecular weight is 266 g/mol. The Morgan fingerprint density at radius 3 is 2.63 bits per heavy atom. The second kappa shape index (κ2) is 4.40. The zero-order valence-electron chi connectivity index (χ0n) is 10.4. The van der Waals surface area contributed by atoms with E-state index in [1.54, 1.807) is 12.1 Å². The minimum absolute atomic E-state index is 0.394. The molecule has 1 N–H and O–H groups in total. The number of fused-ring (bicyclic) bond motifs is 1. The molecule has 2 aliphatic rings. The van der Waals surface area contributed by atoms with E-state index < -0.39 is 18.1 Å². The predicted molar refractivity (Wildman–Crippen MR) is 65.4 cm³/mol. The highest BCUT2D eigenvalue weighted by Crippen LogP contribution is 2.51. The fourth-order valence-electron chi connectivity index (χ4n) is 2.77. The molecule has 0 aromatic heterocycles. The van der Waals surface area contributed by atoms with Gasteiger partial charge in [0.15, 0.2) is 11.5 Å². The van der Waals surface area contributed by atoms with Gasteiger partial charge in [0.2, 0.25) is 0 Å². The summed E-state index contributed by atoms with van der Waals surface area (Å²) in [6.45, 7) is 0.159. The number of carbonyl (C=O) groups is 1. The van der Waals surface area contributed by atoms with Crippen LogP contribution in [-0.4, -0.2) is 24.3 Å². The van der Waals surface area contributed by atoms with E-state index in [1.807, 2.05) is 0 Å². The van der Waals surface area contributed by atoms with Gasteiger partial charge in [0.25, 0.3) is 0 Å². The van der Waals surface area contributed by atoms with Crippen LogP contribution in [-0.2, 0) is 16.9 Å². The predicted octanol–water partition coefficient (Wildman–Crippen LogP) is 2.43. The van der Waals surface area contributed by atoms with Gasteiger partial charge in [-0.15, -0.1) is 0 Å². The largest absolute Gasteiger partial charge is 0.486 e. The molecule has 19 heavy (non-hydrogen) atoms. The van der Waals surface area contributed by atoms with Gasteiger partial charge in [0.05, 0.1) is 5.41 Å². The van der Waals surface area contributed by atoms with Crippen LogP contribution in [0.5, 0.6) is 11.5 Å². The summed E-state index contributed by atoms with van der Waals surface area (Å²) in [5, 5.41) is 9.51. The quantitative estimate of drug-likeness (QED) is 0.913. The van der Waals surface area contributed by atoms with Crippen LogP contribution in [0.2, 0.25) is 0 Å². The number of carboxylic acid groups (broad SMARTS) is 1.